The molecule has 0 unspecified atom stereocenters. The molecule has 106 valence electrons. The number of hydrogen-bond acceptors (Lipinski definition) is 4. The Balaban J connectivity index is 2.03. The van der Waals surface area contributed by atoms with Crippen LogP contribution in [-0.4, -0.2) is 17.2 Å². The van der Waals surface area contributed by atoms with Gasteiger partial charge in [0.2, 0.25) is 5.89 Å². The van der Waals surface area contributed by atoms with Gasteiger partial charge in [-0.1, -0.05) is 65.8 Å². The summed E-state index contributed by atoms with van der Waals surface area (Å²) < 4.78 is 5.31. The summed E-state index contributed by atoms with van der Waals surface area (Å²) in [7, 11) is 1.86. The van der Waals surface area contributed by atoms with Gasteiger partial charge in [-0.3, -0.25) is 0 Å². The highest BCUT2D eigenvalue weighted by Gasteiger charge is 2.21. The Morgan fingerprint density at radius 2 is 1.52 bits per heavy atom. The Labute approximate surface area is 123 Å². The molecule has 0 fully saturated rings. The van der Waals surface area contributed by atoms with Crippen LogP contribution in [0.4, 0.5) is 0 Å². The van der Waals surface area contributed by atoms with Crippen LogP contribution in [-0.2, 0) is 6.54 Å². The molecule has 0 radical (unpaired) electrons. The number of aromatic nitrogens is 2. The Morgan fingerprint density at radius 3 is 2.05 bits per heavy atom. The lowest BCUT2D eigenvalue weighted by molar-refractivity contribution is 0.366. The zero-order valence-electron chi connectivity index (χ0n) is 11.9. The first kappa shape index (κ1) is 13.5. The van der Waals surface area contributed by atoms with Crippen LogP contribution in [0.1, 0.15) is 28.8 Å². The summed E-state index contributed by atoms with van der Waals surface area (Å²) in [6, 6.07) is 20.5. The van der Waals surface area contributed by atoms with E-state index < -0.39 is 0 Å². The summed E-state index contributed by atoms with van der Waals surface area (Å²) in [5.74, 6) is 1.28. The van der Waals surface area contributed by atoms with Gasteiger partial charge in [0.15, 0.2) is 5.82 Å². The molecule has 0 saturated carbocycles. The maximum atomic E-state index is 5.31. The van der Waals surface area contributed by atoms with Crippen LogP contribution in [0.25, 0.3) is 0 Å². The first-order valence-electron chi connectivity index (χ1n) is 6.95. The minimum absolute atomic E-state index is 0.0123. The van der Waals surface area contributed by atoms with Crippen molar-refractivity contribution in [3.05, 3.63) is 83.5 Å². The topological polar surface area (TPSA) is 51.0 Å². The number of nitrogens with one attached hydrogen (secondary N) is 1. The second-order valence-electron chi connectivity index (χ2n) is 4.83. The fraction of sp³-hybridized carbons (Fsp3) is 0.176. The SMILES string of the molecule is CNCc1nc(C(c2ccccc2)c2ccccc2)no1. The lowest BCUT2D eigenvalue weighted by atomic mass is 9.91. The third-order valence-electron chi connectivity index (χ3n) is 3.34. The smallest absolute Gasteiger partial charge is 0.240 e. The molecule has 0 atom stereocenters. The third-order valence-corrected chi connectivity index (χ3v) is 3.34. The van der Waals surface area contributed by atoms with E-state index in [1.54, 1.807) is 0 Å². The van der Waals surface area contributed by atoms with Crippen LogP contribution < -0.4 is 5.32 Å². The highest BCUT2D eigenvalue weighted by Crippen LogP contribution is 2.29. The predicted molar refractivity (Wildman–Crippen MR) is 80.9 cm³/mol. The Morgan fingerprint density at radius 1 is 0.952 bits per heavy atom. The van der Waals surface area contributed by atoms with Crippen molar-refractivity contribution in [2.75, 3.05) is 7.05 Å². The minimum Gasteiger partial charge on any atom is -0.338 e. The molecule has 0 amide bonds. The van der Waals surface area contributed by atoms with Crippen molar-refractivity contribution in [2.45, 2.75) is 12.5 Å². The van der Waals surface area contributed by atoms with E-state index in [1.165, 1.54) is 0 Å². The number of benzene rings is 2. The van der Waals surface area contributed by atoms with Crippen LogP contribution in [0, 0.1) is 0 Å². The average molecular weight is 279 g/mol. The molecule has 1 heterocycles. The van der Waals surface area contributed by atoms with E-state index >= 15 is 0 Å². The van der Waals surface area contributed by atoms with Crippen molar-refractivity contribution in [2.24, 2.45) is 0 Å². The molecule has 3 aromatic rings. The average Bonchev–Trinajstić information content (AvgIpc) is 2.98. The lowest BCUT2D eigenvalue weighted by Gasteiger charge is -2.14. The van der Waals surface area contributed by atoms with Gasteiger partial charge in [-0.15, -0.1) is 0 Å². The molecular formula is C17H17N3O. The van der Waals surface area contributed by atoms with E-state index in [2.05, 4.69) is 39.7 Å². The fourth-order valence-corrected chi connectivity index (χ4v) is 2.39. The summed E-state index contributed by atoms with van der Waals surface area (Å²) in [6.45, 7) is 0.573. The van der Waals surface area contributed by atoms with E-state index in [0.29, 0.717) is 18.3 Å². The summed E-state index contributed by atoms with van der Waals surface area (Å²) in [6.07, 6.45) is 0. The molecule has 0 aliphatic heterocycles. The molecule has 1 aromatic heterocycles. The second-order valence-corrected chi connectivity index (χ2v) is 4.83. The summed E-state index contributed by atoms with van der Waals surface area (Å²) >= 11 is 0. The van der Waals surface area contributed by atoms with Crippen molar-refractivity contribution >= 4 is 0 Å². The zero-order chi connectivity index (χ0) is 14.5. The van der Waals surface area contributed by atoms with E-state index in [1.807, 2.05) is 43.4 Å². The van der Waals surface area contributed by atoms with Gasteiger partial charge in [0, 0.05) is 0 Å². The van der Waals surface area contributed by atoms with Crippen LogP contribution in [0.15, 0.2) is 65.2 Å². The van der Waals surface area contributed by atoms with E-state index in [-0.39, 0.29) is 5.92 Å². The first-order valence-corrected chi connectivity index (χ1v) is 6.95. The second kappa shape index (κ2) is 6.33. The van der Waals surface area contributed by atoms with E-state index in [9.17, 15) is 0 Å². The fourth-order valence-electron chi connectivity index (χ4n) is 2.39. The molecular weight excluding hydrogens is 262 g/mol. The predicted octanol–water partition coefficient (Wildman–Crippen LogP) is 2.97. The number of rotatable bonds is 5. The standard InChI is InChI=1S/C17H17N3O/c1-18-12-15-19-17(20-21-15)16(13-8-4-2-5-9-13)14-10-6-3-7-11-14/h2-11,16,18H,12H2,1H3. The third kappa shape index (κ3) is 3.01. The van der Waals surface area contributed by atoms with Crippen LogP contribution in [0.5, 0.6) is 0 Å². The van der Waals surface area contributed by atoms with Gasteiger partial charge in [0.05, 0.1) is 12.5 Å². The van der Waals surface area contributed by atoms with Gasteiger partial charge in [-0.25, -0.2) is 0 Å². The number of hydrogen-bond donors (Lipinski definition) is 1. The Hall–Kier alpha value is -2.46. The highest BCUT2D eigenvalue weighted by molar-refractivity contribution is 5.37. The molecule has 0 spiro atoms. The molecule has 2 aromatic carbocycles. The molecule has 0 saturated heterocycles. The molecule has 21 heavy (non-hydrogen) atoms. The van der Waals surface area contributed by atoms with Crippen LogP contribution >= 0.6 is 0 Å². The van der Waals surface area contributed by atoms with Gasteiger partial charge in [0.1, 0.15) is 0 Å². The maximum Gasteiger partial charge on any atom is 0.240 e. The first-order chi connectivity index (χ1) is 10.4. The van der Waals surface area contributed by atoms with E-state index in [0.717, 1.165) is 11.1 Å². The molecule has 1 N–H and O–H groups in total. The van der Waals surface area contributed by atoms with Gasteiger partial charge in [0.25, 0.3) is 0 Å². The summed E-state index contributed by atoms with van der Waals surface area (Å²) in [5, 5.41) is 7.18. The minimum atomic E-state index is -0.0123. The molecule has 4 heteroatoms. The Kier molecular flexibility index (Phi) is 4.07. The van der Waals surface area contributed by atoms with Crippen molar-refractivity contribution < 1.29 is 4.52 Å². The summed E-state index contributed by atoms with van der Waals surface area (Å²) in [5.41, 5.74) is 2.31. The van der Waals surface area contributed by atoms with Gasteiger partial charge < -0.3 is 9.84 Å². The lowest BCUT2D eigenvalue weighted by Crippen LogP contribution is -2.07. The van der Waals surface area contributed by atoms with Gasteiger partial charge in [-0.2, -0.15) is 4.98 Å². The van der Waals surface area contributed by atoms with Crippen molar-refractivity contribution in [3.63, 3.8) is 0 Å². The van der Waals surface area contributed by atoms with Gasteiger partial charge in [-0.05, 0) is 18.2 Å². The van der Waals surface area contributed by atoms with Crippen molar-refractivity contribution in [1.82, 2.24) is 15.5 Å². The molecule has 0 aliphatic rings. The molecule has 4 nitrogen and oxygen atoms in total. The monoisotopic (exact) mass is 279 g/mol. The summed E-state index contributed by atoms with van der Waals surface area (Å²) in [4.78, 5) is 4.51. The zero-order valence-corrected chi connectivity index (χ0v) is 11.9. The van der Waals surface area contributed by atoms with E-state index in [4.69, 9.17) is 4.52 Å². The van der Waals surface area contributed by atoms with Crippen LogP contribution in [0.3, 0.4) is 0 Å². The molecule has 3 rings (SSSR count). The quantitative estimate of drug-likeness (QED) is 0.780. The Bertz CT molecular complexity index is 640. The normalized spacial score (nSPS) is 11.0. The van der Waals surface area contributed by atoms with Crippen molar-refractivity contribution in [3.8, 4) is 0 Å². The molecule has 0 aliphatic carbocycles. The van der Waals surface area contributed by atoms with Crippen LogP contribution in [0.2, 0.25) is 0 Å². The highest BCUT2D eigenvalue weighted by atomic mass is 16.5. The largest absolute Gasteiger partial charge is 0.338 e. The molecule has 0 bridgehead atoms. The van der Waals surface area contributed by atoms with Gasteiger partial charge >= 0.3 is 0 Å². The maximum absolute atomic E-state index is 5.31. The number of nitrogens with zero attached hydrogens (tertiary/aromatic N) is 2. The van der Waals surface area contributed by atoms with Crippen molar-refractivity contribution in [1.29, 1.82) is 0 Å².